The van der Waals surface area contributed by atoms with Crippen molar-refractivity contribution in [2.24, 2.45) is 23.5 Å². The first-order valence-corrected chi connectivity index (χ1v) is 14.2. The predicted molar refractivity (Wildman–Crippen MR) is 154 cm³/mol. The van der Waals surface area contributed by atoms with Gasteiger partial charge in [0.2, 0.25) is 5.78 Å². The lowest BCUT2D eigenvalue weighted by molar-refractivity contribution is -0.168. The number of phenolic OH excluding ortho intramolecular Hbond substituents is 1. The number of primary amides is 1. The van der Waals surface area contributed by atoms with Crippen molar-refractivity contribution in [1.82, 2.24) is 4.90 Å². The van der Waals surface area contributed by atoms with Gasteiger partial charge in [-0.2, -0.15) is 0 Å². The van der Waals surface area contributed by atoms with Crippen molar-refractivity contribution in [3.05, 3.63) is 70.0 Å². The van der Waals surface area contributed by atoms with Crippen molar-refractivity contribution in [2.75, 3.05) is 14.1 Å². The zero-order chi connectivity index (χ0) is 30.9. The van der Waals surface area contributed by atoms with E-state index in [0.717, 1.165) is 19.3 Å². The first-order valence-electron chi connectivity index (χ1n) is 14.2. The molecule has 5 atom stereocenters. The Balaban J connectivity index is 1.59. The number of ketones is 2. The lowest BCUT2D eigenvalue weighted by atomic mass is 9.56. The van der Waals surface area contributed by atoms with Gasteiger partial charge in [0.25, 0.3) is 5.91 Å². The van der Waals surface area contributed by atoms with Crippen molar-refractivity contribution < 1.29 is 39.9 Å². The third-order valence-corrected chi connectivity index (χ3v) is 9.57. The molecule has 0 unspecified atom stereocenters. The molecule has 1 aromatic rings. The SMILES string of the molecule is CN(C)[C@H]1C(=O)C(C(N)=O)=C(O)[C@]2(O)C(=O)C3=C(O)c4c(ccc(C(C)(C)CCCC5C=CC=C5)c4O)C[C@@H]3[C@@H](O)[C@H]12. The molecule has 0 heterocycles. The lowest BCUT2D eigenvalue weighted by Crippen LogP contribution is -2.70. The van der Waals surface area contributed by atoms with Gasteiger partial charge in [-0.25, -0.2) is 0 Å². The second-order valence-corrected chi connectivity index (χ2v) is 12.8. The normalized spacial score (nSPS) is 29.3. The molecule has 1 saturated carbocycles. The molecule has 0 spiro atoms. The molecule has 10 heteroatoms. The van der Waals surface area contributed by atoms with Crippen LogP contribution in [0, 0.1) is 17.8 Å². The van der Waals surface area contributed by atoms with Gasteiger partial charge in [0.05, 0.1) is 23.6 Å². The van der Waals surface area contributed by atoms with Crippen LogP contribution in [-0.2, 0) is 26.2 Å². The summed E-state index contributed by atoms with van der Waals surface area (Å²) in [6.45, 7) is 3.98. The summed E-state index contributed by atoms with van der Waals surface area (Å²) in [5, 5.41) is 57.4. The molecule has 42 heavy (non-hydrogen) atoms. The first-order chi connectivity index (χ1) is 19.6. The Morgan fingerprint density at radius 1 is 1.12 bits per heavy atom. The summed E-state index contributed by atoms with van der Waals surface area (Å²) >= 11 is 0. The molecule has 10 nitrogen and oxygen atoms in total. The maximum atomic E-state index is 14.0. The molecular formula is C32H38N2O8. The number of carbonyl (C=O) groups excluding carboxylic acids is 3. The standard InChI is InChI=1S/C32H38N2O8/c1-31(2,13-7-10-15-8-5-6-9-15)18-12-11-16-14-17-20(26(37)19(16)25(18)36)28(39)32(42)22(24(17)35)23(34(3)4)27(38)21(29(32)40)30(33)41/h5-6,8-9,11-12,15,17,22-24,35-37,40,42H,7,10,13-14H2,1-4H3,(H2,33,41)/t17-,22-,23+,24+,32+/m0/s1. The average molecular weight is 579 g/mol. The maximum Gasteiger partial charge on any atom is 0.255 e. The highest BCUT2D eigenvalue weighted by atomic mass is 16.4. The third-order valence-electron chi connectivity index (χ3n) is 9.57. The number of hydrogen-bond donors (Lipinski definition) is 6. The molecule has 0 saturated heterocycles. The summed E-state index contributed by atoms with van der Waals surface area (Å²) in [6.07, 6.45) is 9.32. The number of nitrogens with zero attached hydrogens (tertiary/aromatic N) is 1. The van der Waals surface area contributed by atoms with E-state index in [1.54, 1.807) is 12.1 Å². The Kier molecular flexibility index (Phi) is 7.24. The molecule has 0 bridgehead atoms. The molecule has 4 aliphatic rings. The number of phenols is 1. The van der Waals surface area contributed by atoms with E-state index in [2.05, 4.69) is 12.2 Å². The highest BCUT2D eigenvalue weighted by Crippen LogP contribution is 2.53. The zero-order valence-electron chi connectivity index (χ0n) is 24.2. The van der Waals surface area contributed by atoms with Crippen LogP contribution >= 0.6 is 0 Å². The Labute approximate surface area is 244 Å². The fraction of sp³-hybridized carbons (Fsp3) is 0.469. The van der Waals surface area contributed by atoms with Gasteiger partial charge in [0.15, 0.2) is 11.4 Å². The van der Waals surface area contributed by atoms with Crippen LogP contribution in [0.1, 0.15) is 49.8 Å². The van der Waals surface area contributed by atoms with E-state index in [0.29, 0.717) is 17.0 Å². The van der Waals surface area contributed by atoms with Crippen LogP contribution in [0.4, 0.5) is 0 Å². The molecule has 1 aromatic carbocycles. The summed E-state index contributed by atoms with van der Waals surface area (Å²) in [6, 6.07) is 2.16. The van der Waals surface area contributed by atoms with Gasteiger partial charge in [-0.1, -0.05) is 56.7 Å². The van der Waals surface area contributed by atoms with Crippen LogP contribution in [-0.4, -0.2) is 79.7 Å². The third kappa shape index (κ3) is 4.23. The van der Waals surface area contributed by atoms with Crippen molar-refractivity contribution in [3.8, 4) is 5.75 Å². The highest BCUT2D eigenvalue weighted by Gasteiger charge is 2.67. The number of carbonyl (C=O) groups is 3. The van der Waals surface area contributed by atoms with Crippen LogP contribution in [0.15, 0.2) is 53.3 Å². The minimum absolute atomic E-state index is 0.0182. The van der Waals surface area contributed by atoms with E-state index < -0.39 is 69.6 Å². The fourth-order valence-electron chi connectivity index (χ4n) is 7.36. The second-order valence-electron chi connectivity index (χ2n) is 12.8. The molecule has 1 amide bonds. The number of Topliss-reactive ketones (excluding diaryl/α,β-unsaturated/α-hetero) is 2. The van der Waals surface area contributed by atoms with E-state index >= 15 is 0 Å². The number of fused-ring (bicyclic) bond motifs is 3. The van der Waals surface area contributed by atoms with E-state index in [9.17, 15) is 39.9 Å². The zero-order valence-corrected chi connectivity index (χ0v) is 24.2. The Morgan fingerprint density at radius 2 is 1.76 bits per heavy atom. The molecule has 0 aliphatic heterocycles. The summed E-state index contributed by atoms with van der Waals surface area (Å²) in [5.74, 6) is -7.74. The Bertz CT molecular complexity index is 1490. The molecular weight excluding hydrogens is 540 g/mol. The van der Waals surface area contributed by atoms with E-state index in [1.165, 1.54) is 19.0 Å². The number of aromatic hydroxyl groups is 1. The van der Waals surface area contributed by atoms with Crippen LogP contribution in [0.2, 0.25) is 0 Å². The van der Waals surface area contributed by atoms with E-state index in [4.69, 9.17) is 5.73 Å². The van der Waals surface area contributed by atoms with Crippen LogP contribution in [0.3, 0.4) is 0 Å². The second kappa shape index (κ2) is 10.2. The minimum Gasteiger partial charge on any atom is -0.508 e. The van der Waals surface area contributed by atoms with E-state index in [1.807, 2.05) is 26.0 Å². The van der Waals surface area contributed by atoms with Crippen LogP contribution < -0.4 is 5.73 Å². The highest BCUT2D eigenvalue weighted by molar-refractivity contribution is 6.24. The molecule has 5 rings (SSSR count). The van der Waals surface area contributed by atoms with Crippen LogP contribution in [0.25, 0.3) is 5.76 Å². The van der Waals surface area contributed by atoms with Crippen molar-refractivity contribution in [1.29, 1.82) is 0 Å². The molecule has 1 fully saturated rings. The van der Waals surface area contributed by atoms with Crippen molar-refractivity contribution in [3.63, 3.8) is 0 Å². The van der Waals surface area contributed by atoms with Gasteiger partial charge in [-0.15, -0.1) is 0 Å². The van der Waals surface area contributed by atoms with Gasteiger partial charge < -0.3 is 31.3 Å². The van der Waals surface area contributed by atoms with E-state index in [-0.39, 0.29) is 23.3 Å². The smallest absolute Gasteiger partial charge is 0.255 e. The first kappa shape index (κ1) is 29.8. The molecule has 224 valence electrons. The number of aliphatic hydroxyl groups excluding tert-OH is 3. The summed E-state index contributed by atoms with van der Waals surface area (Å²) in [5.41, 5.74) is 1.70. The summed E-state index contributed by atoms with van der Waals surface area (Å²) in [7, 11) is 2.95. The molecule has 7 N–H and O–H groups in total. The number of allylic oxidation sites excluding steroid dienone is 4. The molecule has 0 aromatic heterocycles. The number of amides is 1. The lowest BCUT2D eigenvalue weighted by Gasteiger charge is -2.52. The number of nitrogens with two attached hydrogens (primary N) is 1. The number of hydrogen-bond acceptors (Lipinski definition) is 9. The maximum absolute atomic E-state index is 14.0. The minimum atomic E-state index is -2.92. The monoisotopic (exact) mass is 578 g/mol. The molecule has 0 radical (unpaired) electrons. The number of likely N-dealkylation sites (N-methyl/N-ethyl adjacent to an activating group) is 1. The molecule has 4 aliphatic carbocycles. The van der Waals surface area contributed by atoms with Crippen molar-refractivity contribution >= 4 is 23.2 Å². The van der Waals surface area contributed by atoms with Crippen LogP contribution in [0.5, 0.6) is 5.75 Å². The Morgan fingerprint density at radius 3 is 2.36 bits per heavy atom. The van der Waals surface area contributed by atoms with Crippen molar-refractivity contribution in [2.45, 2.75) is 62.7 Å². The van der Waals surface area contributed by atoms with Gasteiger partial charge in [0, 0.05) is 17.1 Å². The number of aliphatic hydroxyl groups is 4. The van der Waals surface area contributed by atoms with Gasteiger partial charge in [0.1, 0.15) is 22.8 Å². The summed E-state index contributed by atoms with van der Waals surface area (Å²) in [4.78, 5) is 40.8. The summed E-state index contributed by atoms with van der Waals surface area (Å²) < 4.78 is 0. The predicted octanol–water partition coefficient (Wildman–Crippen LogP) is 2.12. The largest absolute Gasteiger partial charge is 0.508 e. The number of rotatable bonds is 7. The quantitative estimate of drug-likeness (QED) is 0.264. The fourth-order valence-corrected chi connectivity index (χ4v) is 7.36. The Hall–Kier alpha value is -3.73. The topological polar surface area (TPSA) is 182 Å². The van der Waals surface area contributed by atoms with Gasteiger partial charge >= 0.3 is 0 Å². The van der Waals surface area contributed by atoms with Gasteiger partial charge in [-0.3, -0.25) is 19.3 Å². The van der Waals surface area contributed by atoms with Gasteiger partial charge in [-0.05, 0) is 50.3 Å². The number of benzene rings is 1. The average Bonchev–Trinajstić information content (AvgIpc) is 3.42.